The molecule has 230 valence electrons. The first kappa shape index (κ1) is 31.0. The quantitative estimate of drug-likeness (QED) is 0.190. The highest BCUT2D eigenvalue weighted by Crippen LogP contribution is 2.41. The van der Waals surface area contributed by atoms with Crippen molar-refractivity contribution in [1.82, 2.24) is 4.90 Å². The first-order valence-corrected chi connectivity index (χ1v) is 15.2. The first-order chi connectivity index (χ1) is 21.1. The summed E-state index contributed by atoms with van der Waals surface area (Å²) in [5, 5.41) is 1.31. The maximum absolute atomic E-state index is 14.6. The van der Waals surface area contributed by atoms with Gasteiger partial charge in [-0.15, -0.1) is 0 Å². The predicted molar refractivity (Wildman–Crippen MR) is 170 cm³/mol. The van der Waals surface area contributed by atoms with E-state index in [-0.39, 0.29) is 29.9 Å². The number of hydrogen-bond donors (Lipinski definition) is 0. The molecule has 1 unspecified atom stereocenters. The number of para-hydroxylation sites is 1. The van der Waals surface area contributed by atoms with Crippen molar-refractivity contribution in [2.24, 2.45) is 0 Å². The largest absolute Gasteiger partial charge is 0.490 e. The number of ether oxygens (including phenoxy) is 3. The molecule has 0 radical (unpaired) electrons. The van der Waals surface area contributed by atoms with Crippen LogP contribution in [0.2, 0.25) is 0 Å². The second-order valence-corrected chi connectivity index (χ2v) is 12.4. The molecule has 4 aromatic rings. The average Bonchev–Trinajstić information content (AvgIpc) is 3.01. The summed E-state index contributed by atoms with van der Waals surface area (Å²) < 4.78 is 31.7. The molecule has 6 nitrogen and oxygen atoms in total. The van der Waals surface area contributed by atoms with Gasteiger partial charge in [-0.2, -0.15) is 0 Å². The lowest BCUT2D eigenvalue weighted by atomic mass is 9.83. The van der Waals surface area contributed by atoms with Crippen LogP contribution in [0.5, 0.6) is 5.75 Å². The summed E-state index contributed by atoms with van der Waals surface area (Å²) in [6.07, 6.45) is 1.69. The third kappa shape index (κ3) is 6.88. The monoisotopic (exact) mass is 597 g/mol. The van der Waals surface area contributed by atoms with Crippen LogP contribution in [0.15, 0.2) is 84.9 Å². The van der Waals surface area contributed by atoms with Gasteiger partial charge in [0, 0.05) is 23.4 Å². The smallest absolute Gasteiger partial charge is 0.410 e. The molecule has 0 N–H and O–H groups in total. The summed E-state index contributed by atoms with van der Waals surface area (Å²) >= 11 is 0. The van der Waals surface area contributed by atoms with Crippen LogP contribution >= 0.6 is 0 Å². The van der Waals surface area contributed by atoms with Crippen molar-refractivity contribution in [1.29, 1.82) is 0 Å². The lowest BCUT2D eigenvalue weighted by Crippen LogP contribution is -2.39. The van der Waals surface area contributed by atoms with Gasteiger partial charge < -0.3 is 19.1 Å². The molecule has 0 spiro atoms. The molecule has 0 aliphatic carbocycles. The fourth-order valence-electron chi connectivity index (χ4n) is 6.03. The molecule has 5 rings (SSSR count). The summed E-state index contributed by atoms with van der Waals surface area (Å²) in [6.45, 7) is 7.97. The third-order valence-corrected chi connectivity index (χ3v) is 8.20. The van der Waals surface area contributed by atoms with Crippen LogP contribution in [0.4, 0.5) is 9.18 Å². The fourth-order valence-corrected chi connectivity index (χ4v) is 6.03. The molecule has 3 atom stereocenters. The third-order valence-electron chi connectivity index (χ3n) is 8.20. The molecular weight excluding hydrogens is 557 g/mol. The molecule has 0 bridgehead atoms. The number of benzene rings is 4. The van der Waals surface area contributed by atoms with Crippen LogP contribution in [0.3, 0.4) is 0 Å². The van der Waals surface area contributed by atoms with Gasteiger partial charge in [-0.1, -0.05) is 60.7 Å². The normalized spacial score (nSPS) is 16.9. The Morgan fingerprint density at radius 2 is 1.64 bits per heavy atom. The first-order valence-electron chi connectivity index (χ1n) is 15.2. The van der Waals surface area contributed by atoms with Gasteiger partial charge in [-0.05, 0) is 87.7 Å². The highest BCUT2D eigenvalue weighted by Gasteiger charge is 2.31. The van der Waals surface area contributed by atoms with Crippen molar-refractivity contribution in [3.8, 4) is 5.75 Å². The van der Waals surface area contributed by atoms with Crippen LogP contribution in [0, 0.1) is 5.82 Å². The van der Waals surface area contributed by atoms with Crippen molar-refractivity contribution in [2.45, 2.75) is 70.6 Å². The van der Waals surface area contributed by atoms with Crippen molar-refractivity contribution in [3.05, 3.63) is 113 Å². The maximum Gasteiger partial charge on any atom is 0.410 e. The lowest BCUT2D eigenvalue weighted by Gasteiger charge is -2.35. The van der Waals surface area contributed by atoms with Crippen molar-refractivity contribution in [3.63, 3.8) is 0 Å². The predicted octanol–water partition coefficient (Wildman–Crippen LogP) is 8.83. The molecule has 1 heterocycles. The van der Waals surface area contributed by atoms with Gasteiger partial charge in [0.15, 0.2) is 0 Å². The summed E-state index contributed by atoms with van der Waals surface area (Å²) in [5.74, 6) is 0.299. The van der Waals surface area contributed by atoms with E-state index in [9.17, 15) is 14.0 Å². The number of fused-ring (bicyclic) bond motifs is 2. The van der Waals surface area contributed by atoms with Gasteiger partial charge in [0.25, 0.3) is 0 Å². The highest BCUT2D eigenvalue weighted by atomic mass is 19.1. The van der Waals surface area contributed by atoms with Gasteiger partial charge in [0.2, 0.25) is 0 Å². The van der Waals surface area contributed by atoms with E-state index in [2.05, 4.69) is 6.07 Å². The Morgan fingerprint density at radius 1 is 0.955 bits per heavy atom. The Bertz CT molecular complexity index is 1630. The van der Waals surface area contributed by atoms with E-state index in [0.717, 1.165) is 40.7 Å². The molecule has 44 heavy (non-hydrogen) atoms. The molecule has 7 heteroatoms. The zero-order valence-electron chi connectivity index (χ0n) is 26.0. The van der Waals surface area contributed by atoms with E-state index in [1.165, 1.54) is 13.2 Å². The second kappa shape index (κ2) is 13.1. The Kier molecular flexibility index (Phi) is 9.23. The standard InChI is InChI=1S/C37H40FNO5/c1-24(28-20-21-33(38)30-13-7-6-12-29(28)30)39(36(41)44-37(2,3)4)22-10-11-27-23-32(31-14-8-9-15-34(31)43-27)25-16-18-26(19-17-25)35(40)42-5/h6-9,12-21,24,27,32H,10-11,22-23H2,1-5H3/t24-,27+,32?/m1/s1. The van der Waals surface area contributed by atoms with Crippen molar-refractivity contribution < 1.29 is 28.2 Å². The minimum absolute atomic E-state index is 0.0716. The molecular formula is C37H40FNO5. The van der Waals surface area contributed by atoms with Gasteiger partial charge in [-0.25, -0.2) is 14.0 Å². The molecule has 0 fully saturated rings. The number of halogens is 1. The van der Waals surface area contributed by atoms with E-state index in [0.29, 0.717) is 23.9 Å². The van der Waals surface area contributed by atoms with Gasteiger partial charge in [-0.3, -0.25) is 0 Å². The summed E-state index contributed by atoms with van der Waals surface area (Å²) in [5.41, 5.74) is 2.93. The topological polar surface area (TPSA) is 65.1 Å². The summed E-state index contributed by atoms with van der Waals surface area (Å²) in [4.78, 5) is 27.2. The van der Waals surface area contributed by atoms with E-state index < -0.39 is 11.7 Å². The van der Waals surface area contributed by atoms with E-state index in [1.54, 1.807) is 29.2 Å². The molecule has 4 aromatic carbocycles. The van der Waals surface area contributed by atoms with Crippen molar-refractivity contribution in [2.75, 3.05) is 13.7 Å². The number of methoxy groups -OCH3 is 1. The van der Waals surface area contributed by atoms with Gasteiger partial charge in [0.1, 0.15) is 17.2 Å². The highest BCUT2D eigenvalue weighted by molar-refractivity contribution is 5.89. The Hall–Kier alpha value is -4.39. The van der Waals surface area contributed by atoms with E-state index in [1.807, 2.05) is 76.2 Å². The minimum atomic E-state index is -0.660. The Labute approximate surface area is 258 Å². The molecule has 1 aliphatic heterocycles. The maximum atomic E-state index is 14.6. The fraction of sp³-hybridized carbons (Fsp3) is 0.351. The van der Waals surface area contributed by atoms with Crippen molar-refractivity contribution >= 4 is 22.8 Å². The Morgan fingerprint density at radius 3 is 2.34 bits per heavy atom. The zero-order chi connectivity index (χ0) is 31.4. The number of carbonyl (C=O) groups excluding carboxylic acids is 2. The van der Waals surface area contributed by atoms with Crippen LogP contribution in [0.1, 0.15) is 86.0 Å². The number of esters is 1. The second-order valence-electron chi connectivity index (χ2n) is 12.4. The molecule has 1 amide bonds. The number of carbonyl (C=O) groups is 2. The molecule has 0 saturated heterocycles. The number of rotatable bonds is 8. The van der Waals surface area contributed by atoms with Gasteiger partial charge >= 0.3 is 12.1 Å². The molecule has 0 saturated carbocycles. The van der Waals surface area contributed by atoms with Crippen LogP contribution in [0.25, 0.3) is 10.8 Å². The molecule has 0 aromatic heterocycles. The van der Waals surface area contributed by atoms with Crippen LogP contribution in [-0.2, 0) is 9.47 Å². The number of amides is 1. The van der Waals surface area contributed by atoms with E-state index >= 15 is 0 Å². The summed E-state index contributed by atoms with van der Waals surface area (Å²) in [6, 6.07) is 25.9. The number of hydrogen-bond acceptors (Lipinski definition) is 5. The molecule has 1 aliphatic rings. The lowest BCUT2D eigenvalue weighted by molar-refractivity contribution is 0.0162. The van der Waals surface area contributed by atoms with E-state index in [4.69, 9.17) is 14.2 Å². The van der Waals surface area contributed by atoms with Crippen LogP contribution < -0.4 is 4.74 Å². The zero-order valence-corrected chi connectivity index (χ0v) is 26.0. The average molecular weight is 598 g/mol. The Balaban J connectivity index is 1.35. The SMILES string of the molecule is COC(=O)c1ccc(C2C[C@H](CCCN(C(=O)OC(C)(C)C)[C@H](C)c3ccc(F)c4ccccc34)Oc3ccccc32)cc1. The van der Waals surface area contributed by atoms with Gasteiger partial charge in [0.05, 0.1) is 24.8 Å². The summed E-state index contributed by atoms with van der Waals surface area (Å²) in [7, 11) is 1.38. The minimum Gasteiger partial charge on any atom is -0.490 e. The number of nitrogens with zero attached hydrogens (tertiary/aromatic N) is 1. The van der Waals surface area contributed by atoms with Crippen LogP contribution in [-0.4, -0.2) is 42.3 Å².